The number of rotatable bonds is 3. The maximum absolute atomic E-state index is 11.9. The molecule has 1 amide bonds. The first-order valence-corrected chi connectivity index (χ1v) is 5.13. The predicted molar refractivity (Wildman–Crippen MR) is 58.2 cm³/mol. The predicted octanol–water partition coefficient (Wildman–Crippen LogP) is 0.682. The minimum atomic E-state index is -0.218. The second-order valence-electron chi connectivity index (χ2n) is 3.82. The molecule has 0 saturated heterocycles. The van der Waals surface area contributed by atoms with Crippen molar-refractivity contribution in [1.82, 2.24) is 25.2 Å². The first-order valence-electron chi connectivity index (χ1n) is 5.13. The molecule has 0 unspecified atom stereocenters. The highest BCUT2D eigenvalue weighted by atomic mass is 16.5. The summed E-state index contributed by atoms with van der Waals surface area (Å²) in [7, 11) is 1.66. The molecule has 2 aromatic heterocycles. The number of carbonyl (C=O) groups is 1. The molecular weight excluding hydrogens is 222 g/mol. The molecule has 0 atom stereocenters. The fraction of sp³-hybridized carbons (Fsp3) is 0.400. The normalized spacial score (nSPS) is 10.5. The van der Waals surface area contributed by atoms with Crippen molar-refractivity contribution in [2.75, 3.05) is 7.05 Å². The SMILES string of the molecule is Cc1nc(CN(C)C(=O)c2cc(C)on2)n[nH]1. The number of amides is 1. The molecule has 2 rings (SSSR count). The molecule has 7 nitrogen and oxygen atoms in total. The van der Waals surface area contributed by atoms with Crippen LogP contribution in [0.3, 0.4) is 0 Å². The zero-order chi connectivity index (χ0) is 12.4. The number of aromatic amines is 1. The van der Waals surface area contributed by atoms with Crippen molar-refractivity contribution >= 4 is 5.91 Å². The third kappa shape index (κ3) is 2.49. The zero-order valence-corrected chi connectivity index (χ0v) is 9.89. The van der Waals surface area contributed by atoms with E-state index in [4.69, 9.17) is 4.52 Å². The van der Waals surface area contributed by atoms with Crippen LogP contribution in [-0.4, -0.2) is 38.2 Å². The van der Waals surface area contributed by atoms with Crippen LogP contribution in [0.5, 0.6) is 0 Å². The Morgan fingerprint density at radius 3 is 2.82 bits per heavy atom. The van der Waals surface area contributed by atoms with Crippen molar-refractivity contribution in [3.63, 3.8) is 0 Å². The van der Waals surface area contributed by atoms with Crippen molar-refractivity contribution in [1.29, 1.82) is 0 Å². The summed E-state index contributed by atoms with van der Waals surface area (Å²) >= 11 is 0. The van der Waals surface area contributed by atoms with E-state index in [1.54, 1.807) is 27.0 Å². The van der Waals surface area contributed by atoms with E-state index in [0.717, 1.165) is 5.82 Å². The maximum atomic E-state index is 11.9. The van der Waals surface area contributed by atoms with E-state index in [0.29, 0.717) is 18.1 Å². The summed E-state index contributed by atoms with van der Waals surface area (Å²) in [6, 6.07) is 1.60. The summed E-state index contributed by atoms with van der Waals surface area (Å²) in [5.41, 5.74) is 0.289. The summed E-state index contributed by atoms with van der Waals surface area (Å²) in [4.78, 5) is 17.5. The molecule has 0 aliphatic rings. The number of aromatic nitrogens is 4. The highest BCUT2D eigenvalue weighted by Crippen LogP contribution is 2.06. The molecule has 2 heterocycles. The number of hydrogen-bond acceptors (Lipinski definition) is 5. The lowest BCUT2D eigenvalue weighted by molar-refractivity contribution is 0.0771. The molecule has 0 aliphatic carbocycles. The second-order valence-corrected chi connectivity index (χ2v) is 3.82. The van der Waals surface area contributed by atoms with E-state index in [1.165, 1.54) is 4.90 Å². The Morgan fingerprint density at radius 1 is 1.53 bits per heavy atom. The molecule has 17 heavy (non-hydrogen) atoms. The molecule has 0 aromatic carbocycles. The monoisotopic (exact) mass is 235 g/mol. The number of nitrogens with zero attached hydrogens (tertiary/aromatic N) is 4. The van der Waals surface area contributed by atoms with Crippen molar-refractivity contribution in [3.05, 3.63) is 29.2 Å². The van der Waals surface area contributed by atoms with E-state index < -0.39 is 0 Å². The lowest BCUT2D eigenvalue weighted by atomic mass is 10.3. The fourth-order valence-electron chi connectivity index (χ4n) is 1.41. The Hall–Kier alpha value is -2.18. The summed E-state index contributed by atoms with van der Waals surface area (Å²) in [6.07, 6.45) is 0. The topological polar surface area (TPSA) is 87.9 Å². The van der Waals surface area contributed by atoms with Crippen molar-refractivity contribution in [3.8, 4) is 0 Å². The smallest absolute Gasteiger partial charge is 0.276 e. The molecule has 0 bridgehead atoms. The van der Waals surface area contributed by atoms with Gasteiger partial charge in [0.25, 0.3) is 5.91 Å². The highest BCUT2D eigenvalue weighted by Gasteiger charge is 2.17. The largest absolute Gasteiger partial charge is 0.361 e. The average molecular weight is 235 g/mol. The van der Waals surface area contributed by atoms with Gasteiger partial charge in [-0.2, -0.15) is 5.10 Å². The van der Waals surface area contributed by atoms with Crippen molar-refractivity contribution in [2.45, 2.75) is 20.4 Å². The lowest BCUT2D eigenvalue weighted by Crippen LogP contribution is -2.27. The van der Waals surface area contributed by atoms with Gasteiger partial charge in [0.15, 0.2) is 11.5 Å². The highest BCUT2D eigenvalue weighted by molar-refractivity contribution is 5.91. The van der Waals surface area contributed by atoms with Gasteiger partial charge in [0.05, 0.1) is 6.54 Å². The molecule has 0 saturated carbocycles. The molecule has 0 radical (unpaired) electrons. The van der Waals surface area contributed by atoms with Crippen molar-refractivity contribution < 1.29 is 9.32 Å². The van der Waals surface area contributed by atoms with Crippen molar-refractivity contribution in [2.24, 2.45) is 0 Å². The average Bonchev–Trinajstić information content (AvgIpc) is 2.87. The molecular formula is C10H13N5O2. The van der Waals surface area contributed by atoms with E-state index >= 15 is 0 Å². The third-order valence-electron chi connectivity index (χ3n) is 2.22. The van der Waals surface area contributed by atoms with Crippen LogP contribution in [0.4, 0.5) is 0 Å². The van der Waals surface area contributed by atoms with Gasteiger partial charge in [-0.15, -0.1) is 0 Å². The van der Waals surface area contributed by atoms with Crippen LogP contribution >= 0.6 is 0 Å². The Kier molecular flexibility index (Phi) is 2.90. The molecule has 0 aliphatic heterocycles. The number of hydrogen-bond donors (Lipinski definition) is 1. The maximum Gasteiger partial charge on any atom is 0.276 e. The van der Waals surface area contributed by atoms with Crippen LogP contribution in [0, 0.1) is 13.8 Å². The third-order valence-corrected chi connectivity index (χ3v) is 2.22. The Labute approximate surface area is 97.8 Å². The summed E-state index contributed by atoms with van der Waals surface area (Å²) in [6.45, 7) is 3.87. The lowest BCUT2D eigenvalue weighted by Gasteiger charge is -2.12. The number of carbonyl (C=O) groups excluding carboxylic acids is 1. The first kappa shape index (κ1) is 11.3. The Balaban J connectivity index is 2.05. The van der Waals surface area contributed by atoms with Gasteiger partial charge in [-0.05, 0) is 13.8 Å². The van der Waals surface area contributed by atoms with Gasteiger partial charge in [0, 0.05) is 13.1 Å². The molecule has 90 valence electrons. The standard InChI is InChI=1S/C10H13N5O2/c1-6-4-8(14-17-6)10(16)15(3)5-9-11-7(2)12-13-9/h4H,5H2,1-3H3,(H,11,12,13). The number of aryl methyl sites for hydroxylation is 2. The molecule has 0 fully saturated rings. The minimum Gasteiger partial charge on any atom is -0.361 e. The van der Waals surface area contributed by atoms with Crippen LogP contribution in [0.1, 0.15) is 27.9 Å². The van der Waals surface area contributed by atoms with Gasteiger partial charge in [-0.3, -0.25) is 9.89 Å². The Morgan fingerprint density at radius 2 is 2.29 bits per heavy atom. The van der Waals surface area contributed by atoms with Crippen LogP contribution in [-0.2, 0) is 6.54 Å². The zero-order valence-electron chi connectivity index (χ0n) is 9.89. The molecule has 7 heteroatoms. The fourth-order valence-corrected chi connectivity index (χ4v) is 1.41. The van der Waals surface area contributed by atoms with Gasteiger partial charge < -0.3 is 9.42 Å². The van der Waals surface area contributed by atoms with Crippen LogP contribution in [0.25, 0.3) is 0 Å². The molecule has 0 spiro atoms. The Bertz CT molecular complexity index is 530. The van der Waals surface area contributed by atoms with E-state index in [9.17, 15) is 4.79 Å². The number of H-pyrrole nitrogens is 1. The summed E-state index contributed by atoms with van der Waals surface area (Å²) in [5.74, 6) is 1.68. The minimum absolute atomic E-state index is 0.218. The summed E-state index contributed by atoms with van der Waals surface area (Å²) < 4.78 is 4.86. The molecule has 2 aromatic rings. The van der Waals surface area contributed by atoms with E-state index in [-0.39, 0.29) is 11.6 Å². The molecule has 1 N–H and O–H groups in total. The van der Waals surface area contributed by atoms with Gasteiger partial charge in [0.1, 0.15) is 11.6 Å². The van der Waals surface area contributed by atoms with Crippen LogP contribution in [0.2, 0.25) is 0 Å². The first-order chi connectivity index (χ1) is 8.06. The number of nitrogens with one attached hydrogen (secondary N) is 1. The second kappa shape index (κ2) is 4.36. The van der Waals surface area contributed by atoms with Crippen LogP contribution in [0.15, 0.2) is 10.6 Å². The van der Waals surface area contributed by atoms with Gasteiger partial charge in [0.2, 0.25) is 0 Å². The van der Waals surface area contributed by atoms with Gasteiger partial charge in [-0.25, -0.2) is 4.98 Å². The van der Waals surface area contributed by atoms with E-state index in [1.807, 2.05) is 0 Å². The van der Waals surface area contributed by atoms with E-state index in [2.05, 4.69) is 20.3 Å². The van der Waals surface area contributed by atoms with Gasteiger partial charge in [-0.1, -0.05) is 5.16 Å². The van der Waals surface area contributed by atoms with Gasteiger partial charge >= 0.3 is 0 Å². The summed E-state index contributed by atoms with van der Waals surface area (Å²) in [5, 5.41) is 10.4. The quantitative estimate of drug-likeness (QED) is 0.845. The van der Waals surface area contributed by atoms with Crippen LogP contribution < -0.4 is 0 Å².